The number of hydrogen-bond acceptors (Lipinski definition) is 3. The highest BCUT2D eigenvalue weighted by Gasteiger charge is 2.34. The van der Waals surface area contributed by atoms with Crippen LogP contribution < -0.4 is 5.73 Å². The number of carbonyl (C=O) groups is 1. The number of nitrogens with two attached hydrogens (primary N) is 1. The van der Waals surface area contributed by atoms with E-state index in [-0.39, 0.29) is 5.56 Å². The number of carboxylic acids is 1. The van der Waals surface area contributed by atoms with Crippen molar-refractivity contribution in [1.29, 1.82) is 0 Å². The number of nitrogen functional groups attached to an aromatic ring is 1. The SMILES string of the molecule is Nc1ccc(Sc2ccc(CC(=O)O)c(C(F)(F)F)c2)cc1. The topological polar surface area (TPSA) is 63.3 Å². The molecular weight excluding hydrogens is 315 g/mol. The highest BCUT2D eigenvalue weighted by molar-refractivity contribution is 7.99. The molecule has 3 N–H and O–H groups in total. The summed E-state index contributed by atoms with van der Waals surface area (Å²) < 4.78 is 39.2. The van der Waals surface area contributed by atoms with Gasteiger partial charge in [-0.05, 0) is 42.0 Å². The van der Waals surface area contributed by atoms with Crippen LogP contribution in [0.5, 0.6) is 0 Å². The molecule has 22 heavy (non-hydrogen) atoms. The molecule has 2 aromatic carbocycles. The van der Waals surface area contributed by atoms with E-state index in [1.54, 1.807) is 24.3 Å². The first kappa shape index (κ1) is 16.2. The first-order valence-electron chi connectivity index (χ1n) is 6.21. The fourth-order valence-corrected chi connectivity index (χ4v) is 2.73. The van der Waals surface area contributed by atoms with Gasteiger partial charge in [-0.15, -0.1) is 0 Å². The van der Waals surface area contributed by atoms with Gasteiger partial charge in [-0.25, -0.2) is 0 Å². The minimum absolute atomic E-state index is 0.248. The van der Waals surface area contributed by atoms with Crippen LogP contribution in [0, 0.1) is 0 Å². The van der Waals surface area contributed by atoms with Crippen LogP contribution in [0.4, 0.5) is 18.9 Å². The average Bonchev–Trinajstić information content (AvgIpc) is 2.41. The van der Waals surface area contributed by atoms with Crippen molar-refractivity contribution in [2.24, 2.45) is 0 Å². The molecule has 0 amide bonds. The number of hydrogen-bond donors (Lipinski definition) is 2. The Morgan fingerprint density at radius 1 is 1.09 bits per heavy atom. The quantitative estimate of drug-likeness (QED) is 0.831. The standard InChI is InChI=1S/C15H12F3NO2S/c16-15(17,18)13-8-12(4-1-9(13)7-14(20)21)22-11-5-2-10(19)3-6-11/h1-6,8H,7,19H2,(H,20,21). The molecule has 0 aliphatic heterocycles. The van der Waals surface area contributed by atoms with E-state index in [9.17, 15) is 18.0 Å². The molecule has 2 aromatic rings. The molecule has 2 rings (SSSR count). The molecule has 0 fully saturated rings. The maximum absolute atomic E-state index is 13.1. The third-order valence-electron chi connectivity index (χ3n) is 2.84. The molecule has 0 saturated carbocycles. The second-order valence-corrected chi connectivity index (χ2v) is 5.71. The van der Waals surface area contributed by atoms with E-state index in [0.29, 0.717) is 10.6 Å². The summed E-state index contributed by atoms with van der Waals surface area (Å²) in [5.41, 5.74) is 4.95. The monoisotopic (exact) mass is 327 g/mol. The number of anilines is 1. The zero-order valence-electron chi connectivity index (χ0n) is 11.2. The van der Waals surface area contributed by atoms with Crippen molar-refractivity contribution in [3.63, 3.8) is 0 Å². The van der Waals surface area contributed by atoms with Crippen LogP contribution in [0.3, 0.4) is 0 Å². The summed E-state index contributed by atoms with van der Waals surface area (Å²) in [5.74, 6) is -1.30. The summed E-state index contributed by atoms with van der Waals surface area (Å²) in [6.07, 6.45) is -5.26. The number of alkyl halides is 3. The van der Waals surface area contributed by atoms with Gasteiger partial charge in [0, 0.05) is 15.5 Å². The van der Waals surface area contributed by atoms with Crippen molar-refractivity contribution in [1.82, 2.24) is 0 Å². The van der Waals surface area contributed by atoms with Gasteiger partial charge < -0.3 is 10.8 Å². The molecule has 0 aliphatic carbocycles. The number of rotatable bonds is 4. The Labute approximate surface area is 128 Å². The van der Waals surface area contributed by atoms with Gasteiger partial charge in [0.25, 0.3) is 0 Å². The van der Waals surface area contributed by atoms with Gasteiger partial charge in [-0.1, -0.05) is 17.8 Å². The van der Waals surface area contributed by atoms with Crippen LogP contribution in [-0.2, 0) is 17.4 Å². The Hall–Kier alpha value is -2.15. The molecular formula is C15H12F3NO2S. The van der Waals surface area contributed by atoms with E-state index in [4.69, 9.17) is 10.8 Å². The lowest BCUT2D eigenvalue weighted by Crippen LogP contribution is -2.12. The van der Waals surface area contributed by atoms with Crippen molar-refractivity contribution < 1.29 is 23.1 Å². The summed E-state index contributed by atoms with van der Waals surface area (Å²) in [5, 5.41) is 8.70. The zero-order chi connectivity index (χ0) is 16.3. The Morgan fingerprint density at radius 3 is 2.23 bits per heavy atom. The van der Waals surface area contributed by atoms with Crippen molar-refractivity contribution in [3.05, 3.63) is 53.6 Å². The number of benzene rings is 2. The van der Waals surface area contributed by atoms with Crippen molar-refractivity contribution in [2.75, 3.05) is 5.73 Å². The lowest BCUT2D eigenvalue weighted by molar-refractivity contribution is -0.139. The van der Waals surface area contributed by atoms with Crippen LogP contribution >= 0.6 is 11.8 Å². The summed E-state index contributed by atoms with van der Waals surface area (Å²) in [7, 11) is 0. The van der Waals surface area contributed by atoms with Gasteiger partial charge >= 0.3 is 12.1 Å². The molecule has 0 spiro atoms. The number of carboxylic acid groups (broad SMARTS) is 1. The fourth-order valence-electron chi connectivity index (χ4n) is 1.87. The number of aliphatic carboxylic acids is 1. The first-order valence-corrected chi connectivity index (χ1v) is 7.02. The fraction of sp³-hybridized carbons (Fsp3) is 0.133. The van der Waals surface area contributed by atoms with Gasteiger partial charge in [0.1, 0.15) is 0 Å². The third kappa shape index (κ3) is 4.17. The lowest BCUT2D eigenvalue weighted by Gasteiger charge is -2.13. The predicted molar refractivity (Wildman–Crippen MR) is 77.8 cm³/mol. The Balaban J connectivity index is 2.33. The van der Waals surface area contributed by atoms with Crippen LogP contribution in [0.2, 0.25) is 0 Å². The van der Waals surface area contributed by atoms with Crippen molar-refractivity contribution in [3.8, 4) is 0 Å². The Kier molecular flexibility index (Phi) is 4.65. The van der Waals surface area contributed by atoms with E-state index in [1.165, 1.54) is 12.1 Å². The molecule has 7 heteroatoms. The molecule has 0 atom stereocenters. The van der Waals surface area contributed by atoms with Gasteiger partial charge in [-0.2, -0.15) is 13.2 Å². The van der Waals surface area contributed by atoms with Crippen molar-refractivity contribution in [2.45, 2.75) is 22.4 Å². The second-order valence-electron chi connectivity index (χ2n) is 4.56. The molecule has 0 radical (unpaired) electrons. The van der Waals surface area contributed by atoms with E-state index in [1.807, 2.05) is 0 Å². The predicted octanol–water partition coefficient (Wildman–Crippen LogP) is 4.07. The van der Waals surface area contributed by atoms with E-state index >= 15 is 0 Å². The van der Waals surface area contributed by atoms with Gasteiger partial charge in [0.15, 0.2) is 0 Å². The smallest absolute Gasteiger partial charge is 0.416 e. The van der Waals surface area contributed by atoms with Crippen LogP contribution in [0.25, 0.3) is 0 Å². The Bertz CT molecular complexity index is 684. The highest BCUT2D eigenvalue weighted by Crippen LogP contribution is 2.37. The van der Waals surface area contributed by atoms with Gasteiger partial charge in [0.05, 0.1) is 12.0 Å². The summed E-state index contributed by atoms with van der Waals surface area (Å²) in [4.78, 5) is 11.8. The van der Waals surface area contributed by atoms with Gasteiger partial charge in [0.2, 0.25) is 0 Å². The molecule has 0 aromatic heterocycles. The van der Waals surface area contributed by atoms with E-state index in [2.05, 4.69) is 0 Å². The maximum atomic E-state index is 13.1. The highest BCUT2D eigenvalue weighted by atomic mass is 32.2. The van der Waals surface area contributed by atoms with Crippen molar-refractivity contribution >= 4 is 23.4 Å². The normalized spacial score (nSPS) is 11.4. The minimum atomic E-state index is -4.59. The van der Waals surface area contributed by atoms with Crippen LogP contribution in [-0.4, -0.2) is 11.1 Å². The zero-order valence-corrected chi connectivity index (χ0v) is 12.0. The molecule has 3 nitrogen and oxygen atoms in total. The third-order valence-corrected chi connectivity index (χ3v) is 3.84. The Morgan fingerprint density at radius 2 is 1.68 bits per heavy atom. The molecule has 0 aliphatic rings. The molecule has 0 unspecified atom stereocenters. The van der Waals surface area contributed by atoms with Crippen LogP contribution in [0.1, 0.15) is 11.1 Å². The minimum Gasteiger partial charge on any atom is -0.481 e. The number of halogens is 3. The molecule has 0 bridgehead atoms. The lowest BCUT2D eigenvalue weighted by atomic mass is 10.0. The maximum Gasteiger partial charge on any atom is 0.416 e. The van der Waals surface area contributed by atoms with Gasteiger partial charge in [-0.3, -0.25) is 4.79 Å². The molecule has 0 saturated heterocycles. The van der Waals surface area contributed by atoms with Crippen LogP contribution in [0.15, 0.2) is 52.3 Å². The molecule has 0 heterocycles. The summed E-state index contributed by atoms with van der Waals surface area (Å²) in [6.45, 7) is 0. The summed E-state index contributed by atoms with van der Waals surface area (Å²) >= 11 is 1.15. The van der Waals surface area contributed by atoms with E-state index in [0.717, 1.165) is 22.7 Å². The average molecular weight is 327 g/mol. The second kappa shape index (κ2) is 6.31. The van der Waals surface area contributed by atoms with E-state index < -0.39 is 24.1 Å². The molecule has 116 valence electrons. The largest absolute Gasteiger partial charge is 0.481 e. The summed E-state index contributed by atoms with van der Waals surface area (Å²) in [6, 6.07) is 10.4. The first-order chi connectivity index (χ1) is 10.3.